The Morgan fingerprint density at radius 1 is 1.27 bits per heavy atom. The Labute approximate surface area is 99.7 Å². The summed E-state index contributed by atoms with van der Waals surface area (Å²) in [5.41, 5.74) is 0.747. The lowest BCUT2D eigenvalue weighted by Crippen LogP contribution is -1.92. The van der Waals surface area contributed by atoms with E-state index in [1.165, 1.54) is 11.3 Å². The molecule has 2 nitrogen and oxygen atoms in total. The molecule has 0 spiro atoms. The molecule has 0 bridgehead atoms. The zero-order chi connectivity index (χ0) is 10.8. The second-order valence-corrected chi connectivity index (χ2v) is 5.24. The number of thiol groups is 1. The smallest absolute Gasteiger partial charge is 0.187 e. The Kier molecular flexibility index (Phi) is 3.25. The highest BCUT2D eigenvalue weighted by atomic mass is 32.2. The molecule has 1 unspecified atom stereocenters. The first-order valence-corrected chi connectivity index (χ1v) is 6.60. The first kappa shape index (κ1) is 10.9. The van der Waals surface area contributed by atoms with Crippen LogP contribution in [0.15, 0.2) is 45.5 Å². The molecule has 0 saturated carbocycles. The number of hydrogen-bond donors (Lipinski definition) is 2. The molecule has 0 aliphatic heterocycles. The fraction of sp³-hybridized carbons (Fsp3) is 0. The molecule has 2 rings (SSSR count). The van der Waals surface area contributed by atoms with E-state index in [1.54, 1.807) is 12.1 Å². The van der Waals surface area contributed by atoms with Crippen LogP contribution in [0.5, 0.6) is 0 Å². The quantitative estimate of drug-likeness (QED) is 0.639. The molecule has 0 aliphatic rings. The molecule has 0 amide bonds. The van der Waals surface area contributed by atoms with Crippen molar-refractivity contribution in [2.45, 2.75) is 9.79 Å². The Morgan fingerprint density at radius 3 is 2.67 bits per heavy atom. The average molecular weight is 256 g/mol. The lowest BCUT2D eigenvalue weighted by atomic mass is 10.2. The van der Waals surface area contributed by atoms with Crippen molar-refractivity contribution in [3.05, 3.63) is 35.7 Å². The maximum absolute atomic E-state index is 11.2. The fourth-order valence-electron chi connectivity index (χ4n) is 1.33. The van der Waals surface area contributed by atoms with Gasteiger partial charge >= 0.3 is 0 Å². The molecule has 5 heteroatoms. The molecule has 1 atom stereocenters. The van der Waals surface area contributed by atoms with Gasteiger partial charge in [0.2, 0.25) is 0 Å². The highest BCUT2D eigenvalue weighted by Crippen LogP contribution is 2.34. The minimum absolute atomic E-state index is 0.407. The highest BCUT2D eigenvalue weighted by molar-refractivity contribution is 7.81. The van der Waals surface area contributed by atoms with Crippen molar-refractivity contribution in [1.29, 1.82) is 0 Å². The van der Waals surface area contributed by atoms with Crippen molar-refractivity contribution in [3.8, 4) is 10.4 Å². The predicted molar refractivity (Wildman–Crippen MR) is 66.0 cm³/mol. The lowest BCUT2D eigenvalue weighted by Gasteiger charge is -2.06. The van der Waals surface area contributed by atoms with Crippen LogP contribution < -0.4 is 0 Å². The van der Waals surface area contributed by atoms with Crippen LogP contribution in [0.3, 0.4) is 0 Å². The molecule has 0 fully saturated rings. The predicted octanol–water partition coefficient (Wildman–Crippen LogP) is 3.28. The van der Waals surface area contributed by atoms with E-state index in [2.05, 4.69) is 12.6 Å². The summed E-state index contributed by atoms with van der Waals surface area (Å²) >= 11 is 3.86. The monoisotopic (exact) mass is 256 g/mol. The van der Waals surface area contributed by atoms with Gasteiger partial charge in [0, 0.05) is 15.3 Å². The zero-order valence-electron chi connectivity index (χ0n) is 7.58. The molecule has 1 N–H and O–H groups in total. The van der Waals surface area contributed by atoms with Crippen molar-refractivity contribution in [2.24, 2.45) is 0 Å². The van der Waals surface area contributed by atoms with Gasteiger partial charge in [-0.25, -0.2) is 4.21 Å². The fourth-order valence-corrected chi connectivity index (χ4v) is 3.26. The van der Waals surface area contributed by atoms with Crippen LogP contribution in [-0.2, 0) is 11.1 Å². The van der Waals surface area contributed by atoms with E-state index >= 15 is 0 Å². The van der Waals surface area contributed by atoms with Crippen LogP contribution in [0.1, 0.15) is 0 Å². The van der Waals surface area contributed by atoms with Gasteiger partial charge in [0.25, 0.3) is 0 Å². The molecule has 15 heavy (non-hydrogen) atoms. The van der Waals surface area contributed by atoms with Crippen molar-refractivity contribution in [3.63, 3.8) is 0 Å². The topological polar surface area (TPSA) is 37.3 Å². The van der Waals surface area contributed by atoms with Gasteiger partial charge in [-0.3, -0.25) is 0 Å². The Bertz CT molecular complexity index is 491. The first-order valence-electron chi connectivity index (χ1n) is 4.17. The van der Waals surface area contributed by atoms with Crippen molar-refractivity contribution in [1.82, 2.24) is 0 Å². The van der Waals surface area contributed by atoms with Gasteiger partial charge in [0.1, 0.15) is 0 Å². The highest BCUT2D eigenvalue weighted by Gasteiger charge is 2.13. The summed E-state index contributed by atoms with van der Waals surface area (Å²) in [6.45, 7) is 0. The van der Waals surface area contributed by atoms with Crippen molar-refractivity contribution < 1.29 is 8.76 Å². The Morgan fingerprint density at radius 2 is 2.07 bits per heavy atom. The third-order valence-electron chi connectivity index (χ3n) is 1.96. The van der Waals surface area contributed by atoms with E-state index in [4.69, 9.17) is 0 Å². The summed E-state index contributed by atoms with van der Waals surface area (Å²) < 4.78 is 20.3. The summed E-state index contributed by atoms with van der Waals surface area (Å²) in [6, 6.07) is 9.00. The third-order valence-corrected chi connectivity index (χ3v) is 3.94. The molecule has 0 aliphatic carbocycles. The number of thiophene rings is 1. The van der Waals surface area contributed by atoms with Gasteiger partial charge in [0.05, 0.1) is 4.90 Å². The minimum atomic E-state index is -1.98. The van der Waals surface area contributed by atoms with Crippen LogP contribution in [-0.4, -0.2) is 8.76 Å². The van der Waals surface area contributed by atoms with Gasteiger partial charge in [0.15, 0.2) is 11.1 Å². The summed E-state index contributed by atoms with van der Waals surface area (Å²) in [5, 5.41) is 1.93. The largest absolute Gasteiger partial charge is 0.302 e. The molecule has 1 aromatic heterocycles. The van der Waals surface area contributed by atoms with E-state index in [-0.39, 0.29) is 0 Å². The Balaban J connectivity index is 2.68. The molecule has 78 valence electrons. The van der Waals surface area contributed by atoms with Crippen molar-refractivity contribution in [2.75, 3.05) is 0 Å². The molecule has 0 saturated heterocycles. The van der Waals surface area contributed by atoms with Gasteiger partial charge in [-0.05, 0) is 23.6 Å². The van der Waals surface area contributed by atoms with E-state index in [1.807, 2.05) is 23.6 Å². The summed E-state index contributed by atoms with van der Waals surface area (Å²) in [4.78, 5) is 2.08. The van der Waals surface area contributed by atoms with E-state index in [9.17, 15) is 8.76 Å². The number of benzene rings is 1. The van der Waals surface area contributed by atoms with Gasteiger partial charge in [-0.2, -0.15) is 0 Å². The first-order chi connectivity index (χ1) is 7.20. The summed E-state index contributed by atoms with van der Waals surface area (Å²) in [7, 11) is 0. The Hall–Kier alpha value is -0.620. The normalized spacial score (nSPS) is 12.7. The molecule has 2 aromatic rings. The second-order valence-electron chi connectivity index (χ2n) is 2.88. The minimum Gasteiger partial charge on any atom is -0.302 e. The van der Waals surface area contributed by atoms with Crippen LogP contribution in [0.25, 0.3) is 10.4 Å². The number of rotatable bonds is 2. The van der Waals surface area contributed by atoms with E-state index < -0.39 is 11.1 Å². The van der Waals surface area contributed by atoms with Crippen LogP contribution in [0.2, 0.25) is 0 Å². The maximum Gasteiger partial charge on any atom is 0.187 e. The molecular weight excluding hydrogens is 248 g/mol. The molecule has 1 aromatic carbocycles. The zero-order valence-corrected chi connectivity index (χ0v) is 10.1. The number of hydrogen-bond acceptors (Lipinski definition) is 3. The van der Waals surface area contributed by atoms with Crippen molar-refractivity contribution >= 4 is 35.0 Å². The molecular formula is C10H8O2S3. The molecule has 1 heterocycles. The SMILES string of the molecule is O=S(O)c1cccc(S)c1-c1cccs1. The van der Waals surface area contributed by atoms with Gasteiger partial charge in [-0.15, -0.1) is 24.0 Å². The summed E-state index contributed by atoms with van der Waals surface area (Å²) in [5.74, 6) is 0. The van der Waals surface area contributed by atoms with Gasteiger partial charge < -0.3 is 4.55 Å². The van der Waals surface area contributed by atoms with E-state index in [0.29, 0.717) is 4.90 Å². The van der Waals surface area contributed by atoms with Gasteiger partial charge in [-0.1, -0.05) is 12.1 Å². The summed E-state index contributed by atoms with van der Waals surface area (Å²) in [6.07, 6.45) is 0. The molecule has 0 radical (unpaired) electrons. The second kappa shape index (κ2) is 4.49. The van der Waals surface area contributed by atoms with E-state index in [0.717, 1.165) is 15.3 Å². The third kappa shape index (κ3) is 2.15. The maximum atomic E-state index is 11.2. The average Bonchev–Trinajstić information content (AvgIpc) is 2.70. The van der Waals surface area contributed by atoms with Crippen LogP contribution >= 0.6 is 24.0 Å². The van der Waals surface area contributed by atoms with Crippen LogP contribution in [0, 0.1) is 0 Å². The standard InChI is InChI=1S/C10H8O2S3/c11-15(12)9-5-1-3-7(13)10(9)8-4-2-6-14-8/h1-6,13H,(H,11,12). The lowest BCUT2D eigenvalue weighted by molar-refractivity contribution is 0.564. The van der Waals surface area contributed by atoms with Crippen LogP contribution in [0.4, 0.5) is 0 Å².